The number of piperidine rings is 1. The molecule has 1 aliphatic rings. The van der Waals surface area contributed by atoms with Gasteiger partial charge in [0.2, 0.25) is 0 Å². The van der Waals surface area contributed by atoms with Gasteiger partial charge in [-0.2, -0.15) is 0 Å². The molecule has 1 aromatic rings. The van der Waals surface area contributed by atoms with Gasteiger partial charge in [0.25, 0.3) is 0 Å². The van der Waals surface area contributed by atoms with Crippen molar-refractivity contribution in [1.82, 2.24) is 9.88 Å². The van der Waals surface area contributed by atoms with Crippen LogP contribution in [0.1, 0.15) is 31.9 Å². The predicted octanol–water partition coefficient (Wildman–Crippen LogP) is 1.82. The zero-order valence-electron chi connectivity index (χ0n) is 10.5. The molecular formula is C13H17N4Se. The Morgan fingerprint density at radius 2 is 2.00 bits per heavy atom. The van der Waals surface area contributed by atoms with Crippen molar-refractivity contribution in [2.45, 2.75) is 26.2 Å². The molecule has 95 valence electrons. The number of rotatable bonds is 2. The zero-order valence-corrected chi connectivity index (χ0v) is 12.3. The van der Waals surface area contributed by atoms with Crippen LogP contribution in [0.25, 0.3) is 0 Å². The molecule has 0 atom stereocenters. The summed E-state index contributed by atoms with van der Waals surface area (Å²) in [6.45, 7) is 4.07. The molecule has 0 saturated carbocycles. The Labute approximate surface area is 116 Å². The first kappa shape index (κ1) is 13.2. The Morgan fingerprint density at radius 1 is 1.22 bits per heavy atom. The summed E-state index contributed by atoms with van der Waals surface area (Å²) in [5.41, 5.74) is 1.70. The normalized spacial score (nSPS) is 17.9. The van der Waals surface area contributed by atoms with Crippen LogP contribution in [-0.2, 0) is 0 Å². The van der Waals surface area contributed by atoms with Crippen molar-refractivity contribution in [3.05, 3.63) is 30.1 Å². The van der Waals surface area contributed by atoms with Crippen LogP contribution in [0, 0.1) is 0 Å². The van der Waals surface area contributed by atoms with Gasteiger partial charge in [0, 0.05) is 0 Å². The van der Waals surface area contributed by atoms with Crippen molar-refractivity contribution in [2.24, 2.45) is 10.2 Å². The molecule has 2 heterocycles. The molecule has 4 nitrogen and oxygen atoms in total. The third-order valence-electron chi connectivity index (χ3n) is 2.95. The standard InChI is InChI=1S/C13H17N4Se/c1-11(12-7-3-4-8-14-12)15-16-13(18)17-9-5-2-6-10-17/h3-4,7-8H,2,5-6,9-10H2,1H3. The first-order chi connectivity index (χ1) is 8.77. The van der Waals surface area contributed by atoms with E-state index >= 15 is 0 Å². The molecule has 0 aliphatic carbocycles. The fourth-order valence-electron chi connectivity index (χ4n) is 1.89. The topological polar surface area (TPSA) is 40.9 Å². The van der Waals surface area contributed by atoms with Gasteiger partial charge >= 0.3 is 116 Å². The fraction of sp³-hybridized carbons (Fsp3) is 0.462. The van der Waals surface area contributed by atoms with E-state index in [1.807, 2.05) is 25.1 Å². The molecule has 1 saturated heterocycles. The molecule has 0 spiro atoms. The molecule has 2 rings (SSSR count). The summed E-state index contributed by atoms with van der Waals surface area (Å²) in [4.78, 5) is 6.49. The van der Waals surface area contributed by atoms with Gasteiger partial charge in [-0.3, -0.25) is 0 Å². The van der Waals surface area contributed by atoms with Gasteiger partial charge in [0.05, 0.1) is 0 Å². The Morgan fingerprint density at radius 3 is 2.67 bits per heavy atom. The van der Waals surface area contributed by atoms with Crippen LogP contribution < -0.4 is 0 Å². The van der Waals surface area contributed by atoms with E-state index in [-0.39, 0.29) is 0 Å². The minimum absolute atomic E-state index is 0.834. The monoisotopic (exact) mass is 309 g/mol. The quantitative estimate of drug-likeness (QED) is 0.362. The summed E-state index contributed by atoms with van der Waals surface area (Å²) in [5, 5.41) is 8.50. The van der Waals surface area contributed by atoms with Crippen LogP contribution in [0.2, 0.25) is 0 Å². The minimum atomic E-state index is 0.834. The molecular weight excluding hydrogens is 291 g/mol. The molecule has 5 heteroatoms. The molecule has 0 N–H and O–H groups in total. The van der Waals surface area contributed by atoms with Gasteiger partial charge in [0.1, 0.15) is 0 Å². The average Bonchev–Trinajstić information content (AvgIpc) is 2.46. The second-order valence-corrected chi connectivity index (χ2v) is 5.10. The van der Waals surface area contributed by atoms with E-state index in [2.05, 4.69) is 36.1 Å². The van der Waals surface area contributed by atoms with Crippen LogP contribution in [0.3, 0.4) is 0 Å². The molecule has 1 aliphatic heterocycles. The first-order valence-corrected chi connectivity index (χ1v) is 7.08. The van der Waals surface area contributed by atoms with Crippen molar-refractivity contribution in [3.63, 3.8) is 0 Å². The number of likely N-dealkylation sites (tertiary alicyclic amines) is 1. The predicted molar refractivity (Wildman–Crippen MR) is 75.1 cm³/mol. The van der Waals surface area contributed by atoms with Crippen LogP contribution >= 0.6 is 0 Å². The van der Waals surface area contributed by atoms with Crippen molar-refractivity contribution in [3.8, 4) is 0 Å². The maximum atomic E-state index is 4.26. The number of amidine groups is 1. The Bertz CT molecular complexity index is 436. The number of nitrogens with zero attached hydrogens (tertiary/aromatic N) is 4. The van der Waals surface area contributed by atoms with Crippen LogP contribution in [-0.4, -0.2) is 49.4 Å². The summed E-state index contributed by atoms with van der Waals surface area (Å²) in [5.74, 6) is 0. The number of pyridine rings is 1. The van der Waals surface area contributed by atoms with Crippen molar-refractivity contribution in [2.75, 3.05) is 13.1 Å². The van der Waals surface area contributed by atoms with E-state index in [9.17, 15) is 0 Å². The van der Waals surface area contributed by atoms with Crippen LogP contribution in [0.4, 0.5) is 0 Å². The summed E-state index contributed by atoms with van der Waals surface area (Å²) in [7, 11) is 0. The molecule has 0 unspecified atom stereocenters. The maximum absolute atomic E-state index is 4.26. The van der Waals surface area contributed by atoms with E-state index in [4.69, 9.17) is 0 Å². The third-order valence-corrected chi connectivity index (χ3v) is 3.66. The zero-order chi connectivity index (χ0) is 12.8. The van der Waals surface area contributed by atoms with Crippen LogP contribution in [0.15, 0.2) is 34.6 Å². The van der Waals surface area contributed by atoms with Gasteiger partial charge in [-0.05, 0) is 0 Å². The second-order valence-electron chi connectivity index (χ2n) is 4.33. The molecule has 1 fully saturated rings. The Hall–Kier alpha value is -1.19. The molecule has 0 aromatic carbocycles. The van der Waals surface area contributed by atoms with Crippen molar-refractivity contribution >= 4 is 26.5 Å². The van der Waals surface area contributed by atoms with E-state index in [1.54, 1.807) is 6.20 Å². The van der Waals surface area contributed by atoms with E-state index in [0.29, 0.717) is 0 Å². The average molecular weight is 308 g/mol. The number of hydrogen-bond donors (Lipinski definition) is 0. The summed E-state index contributed by atoms with van der Waals surface area (Å²) >= 11 is 3.00. The molecule has 1 radical (unpaired) electrons. The Balaban J connectivity index is 2.04. The van der Waals surface area contributed by atoms with Crippen LogP contribution in [0.5, 0.6) is 0 Å². The summed E-state index contributed by atoms with van der Waals surface area (Å²) < 4.78 is 0.880. The number of hydrogen-bond acceptors (Lipinski definition) is 3. The van der Waals surface area contributed by atoms with Crippen molar-refractivity contribution < 1.29 is 0 Å². The van der Waals surface area contributed by atoms with E-state index in [0.717, 1.165) is 29.2 Å². The van der Waals surface area contributed by atoms with Gasteiger partial charge < -0.3 is 0 Å². The second kappa shape index (κ2) is 6.66. The molecule has 0 amide bonds. The Kier molecular flexibility index (Phi) is 4.90. The first-order valence-electron chi connectivity index (χ1n) is 6.23. The van der Waals surface area contributed by atoms with E-state index in [1.165, 1.54) is 19.3 Å². The van der Waals surface area contributed by atoms with Gasteiger partial charge in [-0.25, -0.2) is 0 Å². The van der Waals surface area contributed by atoms with E-state index < -0.39 is 0 Å². The van der Waals surface area contributed by atoms with Gasteiger partial charge in [0.15, 0.2) is 0 Å². The van der Waals surface area contributed by atoms with Gasteiger partial charge in [-0.1, -0.05) is 0 Å². The summed E-state index contributed by atoms with van der Waals surface area (Å²) in [6.07, 6.45) is 5.56. The molecule has 18 heavy (non-hydrogen) atoms. The third kappa shape index (κ3) is 3.65. The molecule has 1 aromatic heterocycles. The fourth-order valence-corrected chi connectivity index (χ4v) is 2.36. The SMILES string of the molecule is CC(=NN=C([Se])N1CCCCC1)c1ccccn1. The van der Waals surface area contributed by atoms with Crippen molar-refractivity contribution in [1.29, 1.82) is 0 Å². The molecule has 0 bridgehead atoms. The van der Waals surface area contributed by atoms with Gasteiger partial charge in [-0.15, -0.1) is 0 Å². The summed E-state index contributed by atoms with van der Waals surface area (Å²) in [6, 6.07) is 5.79. The number of aromatic nitrogens is 1.